The number of halogens is 1. The lowest BCUT2D eigenvalue weighted by molar-refractivity contribution is 0.0599. The number of carbonyl (C=O) groups excluding carboxylic acids is 2. The highest BCUT2D eigenvalue weighted by Crippen LogP contribution is 2.26. The lowest BCUT2D eigenvalue weighted by Crippen LogP contribution is -2.14. The number of esters is 1. The molecule has 8 heteroatoms. The standard InChI is InChI=1S/C18H16FN3O3S/c1-9-14(17(24)25-3)10(2)20-15(9)16(23)22-18-21-13(8-26-18)11-5-4-6-12(19)7-11/h4-8,20H,1-3H3,(H,21,22,23). The Hall–Kier alpha value is -3.00. The Morgan fingerprint density at radius 2 is 2.08 bits per heavy atom. The van der Waals surface area contributed by atoms with Crippen molar-refractivity contribution < 1.29 is 18.7 Å². The normalized spacial score (nSPS) is 10.6. The molecule has 0 aliphatic carbocycles. The molecule has 2 aromatic heterocycles. The largest absolute Gasteiger partial charge is 0.465 e. The highest BCUT2D eigenvalue weighted by Gasteiger charge is 2.23. The van der Waals surface area contributed by atoms with Crippen LogP contribution in [0, 0.1) is 19.7 Å². The van der Waals surface area contributed by atoms with Crippen LogP contribution in [-0.2, 0) is 4.74 Å². The average Bonchev–Trinajstić information content (AvgIpc) is 3.19. The maximum absolute atomic E-state index is 13.3. The summed E-state index contributed by atoms with van der Waals surface area (Å²) in [5, 5.41) is 4.80. The minimum atomic E-state index is -0.502. The SMILES string of the molecule is COC(=O)c1c(C)[nH]c(C(=O)Nc2nc(-c3cccc(F)c3)cs2)c1C. The van der Waals surface area contributed by atoms with Crippen LogP contribution in [0.3, 0.4) is 0 Å². The van der Waals surface area contributed by atoms with Gasteiger partial charge in [0.05, 0.1) is 18.4 Å². The van der Waals surface area contributed by atoms with E-state index in [1.54, 1.807) is 31.4 Å². The zero-order valence-corrected chi connectivity index (χ0v) is 15.2. The fourth-order valence-electron chi connectivity index (χ4n) is 2.66. The molecule has 0 saturated heterocycles. The number of anilines is 1. The van der Waals surface area contributed by atoms with Crippen molar-refractivity contribution in [3.8, 4) is 11.3 Å². The molecule has 0 bridgehead atoms. The monoisotopic (exact) mass is 373 g/mol. The van der Waals surface area contributed by atoms with E-state index in [1.807, 2.05) is 0 Å². The van der Waals surface area contributed by atoms with Gasteiger partial charge in [0.15, 0.2) is 5.13 Å². The zero-order chi connectivity index (χ0) is 18.8. The fraction of sp³-hybridized carbons (Fsp3) is 0.167. The summed E-state index contributed by atoms with van der Waals surface area (Å²) >= 11 is 1.23. The molecule has 1 aromatic carbocycles. The average molecular weight is 373 g/mol. The van der Waals surface area contributed by atoms with E-state index in [0.29, 0.717) is 33.2 Å². The van der Waals surface area contributed by atoms with Gasteiger partial charge in [-0.3, -0.25) is 10.1 Å². The number of nitrogens with one attached hydrogen (secondary N) is 2. The van der Waals surface area contributed by atoms with Crippen molar-refractivity contribution in [1.29, 1.82) is 0 Å². The van der Waals surface area contributed by atoms with E-state index in [4.69, 9.17) is 4.74 Å². The molecule has 0 radical (unpaired) electrons. The highest BCUT2D eigenvalue weighted by molar-refractivity contribution is 7.14. The van der Waals surface area contributed by atoms with Crippen molar-refractivity contribution in [2.45, 2.75) is 13.8 Å². The van der Waals surface area contributed by atoms with Crippen molar-refractivity contribution in [1.82, 2.24) is 9.97 Å². The molecule has 3 aromatic rings. The zero-order valence-electron chi connectivity index (χ0n) is 14.3. The lowest BCUT2D eigenvalue weighted by atomic mass is 10.1. The molecule has 134 valence electrons. The van der Waals surface area contributed by atoms with Crippen molar-refractivity contribution in [3.63, 3.8) is 0 Å². The molecule has 0 unspecified atom stereocenters. The first-order valence-electron chi connectivity index (χ1n) is 7.71. The maximum Gasteiger partial charge on any atom is 0.339 e. The third-order valence-electron chi connectivity index (χ3n) is 3.90. The Balaban J connectivity index is 1.82. The van der Waals surface area contributed by atoms with Gasteiger partial charge in [0.2, 0.25) is 0 Å². The van der Waals surface area contributed by atoms with Gasteiger partial charge >= 0.3 is 5.97 Å². The number of hydrogen-bond donors (Lipinski definition) is 2. The fourth-order valence-corrected chi connectivity index (χ4v) is 3.37. The third kappa shape index (κ3) is 3.36. The Morgan fingerprint density at radius 3 is 2.77 bits per heavy atom. The molecule has 0 spiro atoms. The van der Waals surface area contributed by atoms with E-state index in [0.717, 1.165) is 0 Å². The second kappa shape index (κ2) is 7.09. The predicted molar refractivity (Wildman–Crippen MR) is 97.1 cm³/mol. The van der Waals surface area contributed by atoms with Crippen LogP contribution in [0.4, 0.5) is 9.52 Å². The lowest BCUT2D eigenvalue weighted by Gasteiger charge is -2.02. The van der Waals surface area contributed by atoms with Gasteiger partial charge in [-0.25, -0.2) is 14.2 Å². The van der Waals surface area contributed by atoms with Gasteiger partial charge in [-0.2, -0.15) is 0 Å². The smallest absolute Gasteiger partial charge is 0.339 e. The summed E-state index contributed by atoms with van der Waals surface area (Å²) in [6.45, 7) is 3.37. The van der Waals surface area contributed by atoms with Gasteiger partial charge < -0.3 is 9.72 Å². The molecular weight excluding hydrogens is 357 g/mol. The first kappa shape index (κ1) is 17.8. The number of ether oxygens (including phenoxy) is 1. The molecule has 0 fully saturated rings. The number of thiazole rings is 1. The molecule has 1 amide bonds. The van der Waals surface area contributed by atoms with Crippen molar-refractivity contribution in [2.75, 3.05) is 12.4 Å². The second-order valence-electron chi connectivity index (χ2n) is 5.62. The summed E-state index contributed by atoms with van der Waals surface area (Å²) in [5.74, 6) is -1.27. The van der Waals surface area contributed by atoms with Crippen LogP contribution in [-0.4, -0.2) is 29.0 Å². The van der Waals surface area contributed by atoms with Crippen molar-refractivity contribution in [3.05, 3.63) is 58.0 Å². The number of methoxy groups -OCH3 is 1. The summed E-state index contributed by atoms with van der Waals surface area (Å²) in [4.78, 5) is 31.6. The highest BCUT2D eigenvalue weighted by atomic mass is 32.1. The van der Waals surface area contributed by atoms with E-state index in [-0.39, 0.29) is 11.5 Å². The number of carbonyl (C=O) groups is 2. The van der Waals surface area contributed by atoms with E-state index < -0.39 is 11.9 Å². The van der Waals surface area contributed by atoms with E-state index in [2.05, 4.69) is 15.3 Å². The Labute approximate surface area is 153 Å². The van der Waals surface area contributed by atoms with Crippen molar-refractivity contribution >= 4 is 28.3 Å². The van der Waals surface area contributed by atoms with Crippen LogP contribution in [0.25, 0.3) is 11.3 Å². The van der Waals surface area contributed by atoms with Gasteiger partial charge in [-0.15, -0.1) is 11.3 Å². The second-order valence-corrected chi connectivity index (χ2v) is 6.48. The molecule has 0 atom stereocenters. The molecule has 26 heavy (non-hydrogen) atoms. The number of H-pyrrole nitrogens is 1. The summed E-state index contributed by atoms with van der Waals surface area (Å²) in [6.07, 6.45) is 0. The minimum absolute atomic E-state index is 0.269. The molecule has 0 aliphatic rings. The molecule has 0 aliphatic heterocycles. The minimum Gasteiger partial charge on any atom is -0.465 e. The number of aryl methyl sites for hydroxylation is 1. The number of rotatable bonds is 4. The van der Waals surface area contributed by atoms with E-state index >= 15 is 0 Å². The molecular formula is C18H16FN3O3S. The van der Waals surface area contributed by atoms with Gasteiger partial charge in [0.25, 0.3) is 5.91 Å². The van der Waals surface area contributed by atoms with Crippen LogP contribution in [0.5, 0.6) is 0 Å². The number of benzene rings is 1. The molecule has 2 N–H and O–H groups in total. The number of hydrogen-bond acceptors (Lipinski definition) is 5. The van der Waals surface area contributed by atoms with Crippen LogP contribution >= 0.6 is 11.3 Å². The van der Waals surface area contributed by atoms with Crippen LogP contribution < -0.4 is 5.32 Å². The first-order chi connectivity index (χ1) is 12.4. The summed E-state index contributed by atoms with van der Waals surface area (Å²) < 4.78 is 18.1. The van der Waals surface area contributed by atoms with Gasteiger partial charge in [-0.05, 0) is 31.5 Å². The summed E-state index contributed by atoms with van der Waals surface area (Å²) in [5.41, 5.74) is 2.87. The number of amides is 1. The van der Waals surface area contributed by atoms with Crippen LogP contribution in [0.2, 0.25) is 0 Å². The van der Waals surface area contributed by atoms with Gasteiger partial charge in [0.1, 0.15) is 11.5 Å². The molecule has 3 rings (SSSR count). The molecule has 0 saturated carbocycles. The molecule has 2 heterocycles. The Kier molecular flexibility index (Phi) is 4.85. The van der Waals surface area contributed by atoms with Crippen LogP contribution in [0.1, 0.15) is 32.1 Å². The Bertz CT molecular complexity index is 993. The number of nitrogens with zero attached hydrogens (tertiary/aromatic N) is 1. The van der Waals surface area contributed by atoms with Crippen molar-refractivity contribution in [2.24, 2.45) is 0 Å². The Morgan fingerprint density at radius 1 is 1.31 bits per heavy atom. The quantitative estimate of drug-likeness (QED) is 0.679. The third-order valence-corrected chi connectivity index (χ3v) is 4.66. The summed E-state index contributed by atoms with van der Waals surface area (Å²) in [6, 6.07) is 6.07. The first-order valence-corrected chi connectivity index (χ1v) is 8.59. The topological polar surface area (TPSA) is 84.1 Å². The predicted octanol–water partition coefficient (Wildman–Crippen LogP) is 3.93. The van der Waals surface area contributed by atoms with Gasteiger partial charge in [0, 0.05) is 16.6 Å². The maximum atomic E-state index is 13.3. The van der Waals surface area contributed by atoms with E-state index in [1.165, 1.54) is 30.6 Å². The van der Waals surface area contributed by atoms with Gasteiger partial charge in [-0.1, -0.05) is 12.1 Å². The number of aromatic nitrogens is 2. The number of aromatic amines is 1. The summed E-state index contributed by atoms with van der Waals surface area (Å²) in [7, 11) is 1.29. The van der Waals surface area contributed by atoms with Crippen LogP contribution in [0.15, 0.2) is 29.6 Å². The molecule has 6 nitrogen and oxygen atoms in total. The van der Waals surface area contributed by atoms with E-state index in [9.17, 15) is 14.0 Å².